The van der Waals surface area contributed by atoms with E-state index in [0.29, 0.717) is 0 Å². The van der Waals surface area contributed by atoms with E-state index in [-0.39, 0.29) is 0 Å². The molecule has 0 fully saturated rings. The summed E-state index contributed by atoms with van der Waals surface area (Å²) in [6.45, 7) is 2.37. The minimum atomic E-state index is -1.22. The summed E-state index contributed by atoms with van der Waals surface area (Å²) in [5, 5.41) is 0. The van der Waals surface area contributed by atoms with Crippen LogP contribution in [-0.4, -0.2) is 0 Å². The molecule has 2 atom stereocenters. The van der Waals surface area contributed by atoms with Gasteiger partial charge in [0.25, 0.3) is 0 Å². The molecular weight excluding hydrogens is 319 g/mol. The molecule has 0 aliphatic heterocycles. The Bertz CT molecular complexity index is 586. The van der Waals surface area contributed by atoms with Crippen molar-refractivity contribution in [3.63, 3.8) is 0 Å². The van der Waals surface area contributed by atoms with Gasteiger partial charge in [0.1, 0.15) is 0 Å². The number of fused-ring (bicyclic) bond motifs is 1. The van der Waals surface area contributed by atoms with E-state index in [2.05, 4.69) is 64.7 Å². The summed E-state index contributed by atoms with van der Waals surface area (Å²) in [7, 11) is 0. The van der Waals surface area contributed by atoms with Crippen molar-refractivity contribution in [3.8, 4) is 11.1 Å². The van der Waals surface area contributed by atoms with Gasteiger partial charge in [-0.25, -0.2) is 0 Å². The first-order chi connectivity index (χ1) is 9.72. The quantitative estimate of drug-likeness (QED) is 0.672. The fraction of sp³-hybridized carbons (Fsp3) is 0.368. The van der Waals surface area contributed by atoms with Crippen LogP contribution in [0, 0.1) is 5.92 Å². The molecule has 3 rings (SSSR count). The van der Waals surface area contributed by atoms with Gasteiger partial charge >= 0.3 is 131 Å². The van der Waals surface area contributed by atoms with Gasteiger partial charge in [0, 0.05) is 0 Å². The Hall–Kier alpha value is -0.677. The van der Waals surface area contributed by atoms with E-state index in [1.54, 1.807) is 11.1 Å². The topological polar surface area (TPSA) is 0 Å². The van der Waals surface area contributed by atoms with E-state index in [4.69, 9.17) is 0 Å². The molecule has 0 nitrogen and oxygen atoms in total. The van der Waals surface area contributed by atoms with Crippen LogP contribution < -0.4 is 0 Å². The molecule has 1 aliphatic rings. The Morgan fingerprint density at radius 2 is 1.75 bits per heavy atom. The number of rotatable bonds is 3. The predicted molar refractivity (Wildman–Crippen MR) is 83.8 cm³/mol. The Morgan fingerprint density at radius 1 is 1.00 bits per heavy atom. The molecule has 20 heavy (non-hydrogen) atoms. The average molecular weight is 343 g/mol. The third kappa shape index (κ3) is 2.46. The fourth-order valence-electron chi connectivity index (χ4n) is 3.81. The Morgan fingerprint density at radius 3 is 2.40 bits per heavy atom. The van der Waals surface area contributed by atoms with Crippen LogP contribution in [0.25, 0.3) is 11.1 Å². The Labute approximate surface area is 130 Å². The second kappa shape index (κ2) is 5.98. The summed E-state index contributed by atoms with van der Waals surface area (Å²) < 4.78 is 6.07. The maximum absolute atomic E-state index is 2.57. The molecule has 0 bridgehead atoms. The van der Waals surface area contributed by atoms with Crippen molar-refractivity contribution in [2.24, 2.45) is 5.92 Å². The van der Waals surface area contributed by atoms with Gasteiger partial charge in [-0.1, -0.05) is 0 Å². The number of benzene rings is 2. The summed E-state index contributed by atoms with van der Waals surface area (Å²) in [6.07, 6.45) is 2.63. The van der Waals surface area contributed by atoms with Crippen LogP contribution in [-0.2, 0) is 28.2 Å². The van der Waals surface area contributed by atoms with Crippen molar-refractivity contribution >= 4 is 0 Å². The molecule has 0 saturated carbocycles. The fourth-order valence-corrected chi connectivity index (χ4v) is 9.19. The van der Waals surface area contributed by atoms with Gasteiger partial charge in [0.15, 0.2) is 0 Å². The first-order valence-corrected chi connectivity index (χ1v) is 14.0. The van der Waals surface area contributed by atoms with Crippen molar-refractivity contribution in [2.75, 3.05) is 0 Å². The van der Waals surface area contributed by atoms with Crippen LogP contribution in [0.15, 0.2) is 48.5 Å². The molecule has 0 saturated heterocycles. The second-order valence-electron chi connectivity index (χ2n) is 6.17. The Balaban J connectivity index is 2.11. The molecule has 0 amide bonds. The third-order valence-electron chi connectivity index (χ3n) is 4.72. The van der Waals surface area contributed by atoms with Crippen LogP contribution in [0.3, 0.4) is 0 Å². The van der Waals surface area contributed by atoms with Crippen LogP contribution in [0.5, 0.6) is 0 Å². The van der Waals surface area contributed by atoms with Gasteiger partial charge in [-0.3, -0.25) is 0 Å². The predicted octanol–water partition coefficient (Wildman–Crippen LogP) is 5.69. The van der Waals surface area contributed by atoms with Gasteiger partial charge in [-0.05, 0) is 0 Å². The van der Waals surface area contributed by atoms with Crippen LogP contribution >= 0.6 is 0 Å². The molecule has 0 spiro atoms. The summed E-state index contributed by atoms with van der Waals surface area (Å²) in [4.78, 5) is 0. The second-order valence-corrected chi connectivity index (χ2v) is 13.0. The summed E-state index contributed by atoms with van der Waals surface area (Å²) in [6, 6.07) is 17.9. The van der Waals surface area contributed by atoms with Crippen LogP contribution in [0.1, 0.15) is 28.1 Å². The van der Waals surface area contributed by atoms with E-state index in [1.165, 1.54) is 24.0 Å². The van der Waals surface area contributed by atoms with Crippen molar-refractivity contribution in [3.05, 3.63) is 59.7 Å². The molecule has 1 heteroatoms. The van der Waals surface area contributed by atoms with Crippen LogP contribution in [0.2, 0.25) is 9.26 Å². The van der Waals surface area contributed by atoms with Crippen molar-refractivity contribution in [1.82, 2.24) is 0 Å². The maximum atomic E-state index is 2.57. The molecule has 1 aliphatic carbocycles. The van der Waals surface area contributed by atoms with Gasteiger partial charge in [-0.15, -0.1) is 0 Å². The van der Waals surface area contributed by atoms with E-state index < -0.39 is 21.8 Å². The Kier molecular flexibility index (Phi) is 4.27. The van der Waals surface area contributed by atoms with E-state index in [1.807, 2.05) is 0 Å². The first kappa shape index (κ1) is 14.3. The first-order valence-electron chi connectivity index (χ1n) is 7.69. The summed E-state index contributed by atoms with van der Waals surface area (Å²) in [5.41, 5.74) is 6.21. The van der Waals surface area contributed by atoms with Gasteiger partial charge in [0.05, 0.1) is 0 Å². The normalized spacial score (nSPS) is 20.8. The number of hydrogen-bond acceptors (Lipinski definition) is 0. The molecule has 2 unspecified atom stereocenters. The van der Waals surface area contributed by atoms with Crippen molar-refractivity contribution in [1.29, 1.82) is 0 Å². The van der Waals surface area contributed by atoms with Gasteiger partial charge in [0.2, 0.25) is 0 Å². The van der Waals surface area contributed by atoms with E-state index >= 15 is 0 Å². The molecule has 2 aromatic carbocycles. The monoisotopic (exact) mass is 341 g/mol. The average Bonchev–Trinajstić information content (AvgIpc) is 2.86. The SMILES string of the molecule is CCC1Cc2c(-c3ccccc3)cccc2[CH]1[Zr]([CH3])[CH3]. The molecule has 0 aromatic heterocycles. The zero-order valence-electron chi connectivity index (χ0n) is 12.7. The summed E-state index contributed by atoms with van der Waals surface area (Å²) in [5.74, 6) is 0.902. The van der Waals surface area contributed by atoms with Gasteiger partial charge < -0.3 is 0 Å². The molecule has 103 valence electrons. The van der Waals surface area contributed by atoms with Crippen molar-refractivity contribution in [2.45, 2.75) is 32.7 Å². The van der Waals surface area contributed by atoms with Gasteiger partial charge in [-0.2, -0.15) is 0 Å². The minimum absolute atomic E-state index is 0.902. The molecule has 0 radical (unpaired) electrons. The van der Waals surface area contributed by atoms with E-state index in [0.717, 1.165) is 9.54 Å². The van der Waals surface area contributed by atoms with E-state index in [9.17, 15) is 0 Å². The molecule has 2 aromatic rings. The number of hydrogen-bond donors (Lipinski definition) is 0. The zero-order valence-corrected chi connectivity index (χ0v) is 15.1. The summed E-state index contributed by atoms with van der Waals surface area (Å²) >= 11 is -1.22. The van der Waals surface area contributed by atoms with Crippen LogP contribution in [0.4, 0.5) is 0 Å². The molecular formula is C19H23Zr. The van der Waals surface area contributed by atoms with Crippen molar-refractivity contribution < 1.29 is 21.8 Å². The third-order valence-corrected chi connectivity index (χ3v) is 9.70. The molecule has 0 N–H and O–H groups in total. The zero-order chi connectivity index (χ0) is 14.1. The standard InChI is InChI=1S/C17H17.2CH3.Zr/c1-2-13-11-15-9-6-10-16(17(15)12-13)14-7-4-3-5-8-14;;;/h3-11,13H,2,12H2,1H3;2*1H3;. The molecule has 0 heterocycles.